The molecule has 2 heterocycles. The van der Waals surface area contributed by atoms with Crippen molar-refractivity contribution in [3.63, 3.8) is 0 Å². The third-order valence-electron chi connectivity index (χ3n) is 5.21. The molecule has 1 fully saturated rings. The minimum atomic E-state index is -0.639. The molecule has 0 radical (unpaired) electrons. The highest BCUT2D eigenvalue weighted by molar-refractivity contribution is 6.34. The monoisotopic (exact) mass is 416 g/mol. The van der Waals surface area contributed by atoms with E-state index in [0.29, 0.717) is 16.6 Å². The Bertz CT molecular complexity index is 883. The van der Waals surface area contributed by atoms with Crippen LogP contribution in [-0.4, -0.2) is 39.2 Å². The van der Waals surface area contributed by atoms with Crippen molar-refractivity contribution in [1.82, 2.24) is 0 Å². The molecule has 0 N–H and O–H groups in total. The maximum Gasteiger partial charge on any atom is 0.355 e. The summed E-state index contributed by atoms with van der Waals surface area (Å²) in [6.45, 7) is 3.98. The Kier molecular flexibility index (Phi) is 6.64. The number of ether oxygens (including phenoxy) is 2. The summed E-state index contributed by atoms with van der Waals surface area (Å²) in [5.41, 5.74) is 1.73. The van der Waals surface area contributed by atoms with E-state index in [0.717, 1.165) is 31.6 Å². The molecule has 0 aliphatic carbocycles. The molecule has 0 saturated carbocycles. The molecule has 154 valence electrons. The van der Waals surface area contributed by atoms with E-state index in [1.165, 1.54) is 14.2 Å². The van der Waals surface area contributed by atoms with E-state index in [1.54, 1.807) is 29.3 Å². The highest BCUT2D eigenvalue weighted by atomic mass is 35.5. The highest BCUT2D eigenvalue weighted by Gasteiger charge is 2.30. The summed E-state index contributed by atoms with van der Waals surface area (Å²) in [5, 5.41) is 0.589. The molecule has 2 aliphatic rings. The maximum absolute atomic E-state index is 12.7. The number of anilines is 2. The lowest BCUT2D eigenvalue weighted by atomic mass is 9.98. The number of carbonyl (C=O) groups excluding carboxylic acids is 2. The minimum absolute atomic E-state index is 0.0817. The average Bonchev–Trinajstić information content (AvgIpc) is 2.96. The average molecular weight is 417 g/mol. The van der Waals surface area contributed by atoms with Gasteiger partial charge in [-0.25, -0.2) is 9.59 Å². The van der Waals surface area contributed by atoms with Gasteiger partial charge in [-0.15, -0.1) is 0 Å². The van der Waals surface area contributed by atoms with Crippen LogP contribution in [0.25, 0.3) is 0 Å². The van der Waals surface area contributed by atoms with Crippen molar-refractivity contribution >= 4 is 34.9 Å². The normalized spacial score (nSPS) is 17.4. The molecule has 0 amide bonds. The van der Waals surface area contributed by atoms with Gasteiger partial charge >= 0.3 is 11.9 Å². The molecular formula is C22H25ClN2O4. The SMILES string of the molecule is COC(=O)C1=C(C(=O)OC)N(c2cccc(Cl)c2N2CCC(C)CC2)C=CC=C1. The molecule has 0 unspecified atom stereocenters. The Labute approximate surface area is 176 Å². The lowest BCUT2D eigenvalue weighted by Crippen LogP contribution is -2.35. The van der Waals surface area contributed by atoms with Crippen LogP contribution in [0.3, 0.4) is 0 Å². The number of carbonyl (C=O) groups is 2. The Morgan fingerprint density at radius 3 is 2.41 bits per heavy atom. The molecule has 3 rings (SSSR count). The van der Waals surface area contributed by atoms with Crippen LogP contribution in [-0.2, 0) is 19.1 Å². The molecule has 0 spiro atoms. The standard InChI is InChI=1S/C22H25ClN2O4/c1-15-10-13-24(14-11-15)20-17(23)8-6-9-18(20)25-12-5-4-7-16(21(26)28-2)19(25)22(27)29-3/h4-9,12,15H,10-11,13-14H2,1-3H3. The lowest BCUT2D eigenvalue weighted by molar-refractivity contribution is -0.139. The molecular weight excluding hydrogens is 392 g/mol. The Morgan fingerprint density at radius 2 is 1.76 bits per heavy atom. The van der Waals surface area contributed by atoms with E-state index in [1.807, 2.05) is 18.2 Å². The fourth-order valence-electron chi connectivity index (χ4n) is 3.59. The van der Waals surface area contributed by atoms with Crippen LogP contribution in [0.5, 0.6) is 0 Å². The van der Waals surface area contributed by atoms with Gasteiger partial charge in [0.25, 0.3) is 0 Å². The number of para-hydroxylation sites is 1. The van der Waals surface area contributed by atoms with Crippen LogP contribution in [0.1, 0.15) is 19.8 Å². The van der Waals surface area contributed by atoms with Crippen LogP contribution < -0.4 is 9.80 Å². The van der Waals surface area contributed by atoms with E-state index >= 15 is 0 Å². The Morgan fingerprint density at radius 1 is 1.07 bits per heavy atom. The van der Waals surface area contributed by atoms with Crippen molar-refractivity contribution in [3.8, 4) is 0 Å². The van der Waals surface area contributed by atoms with Crippen molar-refractivity contribution in [1.29, 1.82) is 0 Å². The van der Waals surface area contributed by atoms with Gasteiger partial charge in [-0.1, -0.05) is 30.7 Å². The van der Waals surface area contributed by atoms with E-state index in [9.17, 15) is 9.59 Å². The summed E-state index contributed by atoms with van der Waals surface area (Å²) in [6.07, 6.45) is 8.83. The molecule has 1 aromatic rings. The predicted molar refractivity (Wildman–Crippen MR) is 114 cm³/mol. The van der Waals surface area contributed by atoms with Gasteiger partial charge in [0, 0.05) is 19.3 Å². The first-order valence-electron chi connectivity index (χ1n) is 9.56. The molecule has 1 saturated heterocycles. The van der Waals surface area contributed by atoms with Gasteiger partial charge in [0.2, 0.25) is 0 Å². The van der Waals surface area contributed by atoms with Crippen LogP contribution in [0.15, 0.2) is 53.9 Å². The maximum atomic E-state index is 12.7. The molecule has 0 atom stereocenters. The van der Waals surface area contributed by atoms with Crippen molar-refractivity contribution < 1.29 is 19.1 Å². The topological polar surface area (TPSA) is 59.1 Å². The second-order valence-corrected chi connectivity index (χ2v) is 7.50. The quantitative estimate of drug-likeness (QED) is 0.690. The van der Waals surface area contributed by atoms with Gasteiger partial charge in [0.05, 0.1) is 36.2 Å². The number of nitrogens with zero attached hydrogens (tertiary/aromatic N) is 2. The number of hydrogen-bond donors (Lipinski definition) is 0. The van der Waals surface area contributed by atoms with Crippen LogP contribution in [0.2, 0.25) is 5.02 Å². The fourth-order valence-corrected chi connectivity index (χ4v) is 3.88. The van der Waals surface area contributed by atoms with Crippen molar-refractivity contribution in [2.24, 2.45) is 5.92 Å². The molecule has 0 aromatic heterocycles. The number of benzene rings is 1. The van der Waals surface area contributed by atoms with Crippen molar-refractivity contribution in [2.45, 2.75) is 19.8 Å². The van der Waals surface area contributed by atoms with Crippen LogP contribution >= 0.6 is 11.6 Å². The van der Waals surface area contributed by atoms with E-state index in [-0.39, 0.29) is 11.3 Å². The number of rotatable bonds is 4. The summed E-state index contributed by atoms with van der Waals surface area (Å²) in [5.74, 6) is -0.596. The van der Waals surface area contributed by atoms with Gasteiger partial charge in [0.1, 0.15) is 5.70 Å². The first kappa shape index (κ1) is 21.0. The summed E-state index contributed by atoms with van der Waals surface area (Å²) in [6, 6.07) is 5.54. The van der Waals surface area contributed by atoms with Gasteiger partial charge in [-0.05, 0) is 43.0 Å². The molecule has 0 bridgehead atoms. The summed E-state index contributed by atoms with van der Waals surface area (Å²) >= 11 is 6.61. The van der Waals surface area contributed by atoms with E-state index < -0.39 is 11.9 Å². The predicted octanol–water partition coefficient (Wildman–Crippen LogP) is 4.07. The summed E-state index contributed by atoms with van der Waals surface area (Å²) in [4.78, 5) is 29.0. The zero-order valence-corrected chi connectivity index (χ0v) is 17.6. The molecule has 2 aliphatic heterocycles. The third kappa shape index (κ3) is 4.32. The molecule has 6 nitrogen and oxygen atoms in total. The lowest BCUT2D eigenvalue weighted by Gasteiger charge is -2.36. The van der Waals surface area contributed by atoms with Gasteiger partial charge in [-0.2, -0.15) is 0 Å². The van der Waals surface area contributed by atoms with Crippen LogP contribution in [0.4, 0.5) is 11.4 Å². The minimum Gasteiger partial charge on any atom is -0.465 e. The zero-order chi connectivity index (χ0) is 21.0. The number of piperidine rings is 1. The summed E-state index contributed by atoms with van der Waals surface area (Å²) < 4.78 is 9.88. The Hall–Kier alpha value is -2.73. The number of hydrogen-bond acceptors (Lipinski definition) is 6. The van der Waals surface area contributed by atoms with Crippen molar-refractivity contribution in [3.05, 3.63) is 58.9 Å². The van der Waals surface area contributed by atoms with Gasteiger partial charge < -0.3 is 19.3 Å². The molecule has 7 heteroatoms. The van der Waals surface area contributed by atoms with Crippen molar-refractivity contribution in [2.75, 3.05) is 37.1 Å². The second kappa shape index (κ2) is 9.18. The largest absolute Gasteiger partial charge is 0.465 e. The first-order chi connectivity index (χ1) is 14.0. The summed E-state index contributed by atoms with van der Waals surface area (Å²) in [7, 11) is 2.56. The number of halogens is 1. The third-order valence-corrected chi connectivity index (χ3v) is 5.52. The first-order valence-corrected chi connectivity index (χ1v) is 9.94. The number of esters is 2. The smallest absolute Gasteiger partial charge is 0.355 e. The zero-order valence-electron chi connectivity index (χ0n) is 16.9. The Balaban J connectivity index is 2.16. The van der Waals surface area contributed by atoms with Gasteiger partial charge in [0.15, 0.2) is 0 Å². The highest BCUT2D eigenvalue weighted by Crippen LogP contribution is 2.41. The second-order valence-electron chi connectivity index (χ2n) is 7.09. The van der Waals surface area contributed by atoms with E-state index in [2.05, 4.69) is 11.8 Å². The molecule has 1 aromatic carbocycles. The number of allylic oxidation sites excluding steroid dienone is 2. The molecule has 29 heavy (non-hydrogen) atoms. The fraction of sp³-hybridized carbons (Fsp3) is 0.364. The van der Waals surface area contributed by atoms with Crippen LogP contribution in [0, 0.1) is 5.92 Å². The van der Waals surface area contributed by atoms with Gasteiger partial charge in [-0.3, -0.25) is 0 Å². The number of methoxy groups -OCH3 is 2. The van der Waals surface area contributed by atoms with E-state index in [4.69, 9.17) is 21.1 Å².